The monoisotopic (exact) mass is 372 g/mol. The quantitative estimate of drug-likeness (QED) is 0.658. The zero-order valence-corrected chi connectivity index (χ0v) is 13.8. The first-order chi connectivity index (χ1) is 11.2. The molecular weight excluding hydrogens is 360 g/mol. The minimum absolute atomic E-state index is 0.223. The predicted octanol–water partition coefficient (Wildman–Crippen LogP) is 4.56. The van der Waals surface area contributed by atoms with Gasteiger partial charge in [0, 0.05) is 10.0 Å². The van der Waals surface area contributed by atoms with Crippen molar-refractivity contribution in [2.75, 3.05) is 7.11 Å². The van der Waals surface area contributed by atoms with Crippen molar-refractivity contribution in [1.82, 2.24) is 10.2 Å². The third kappa shape index (κ3) is 3.40. The zero-order valence-electron chi connectivity index (χ0n) is 12.2. The van der Waals surface area contributed by atoms with Gasteiger partial charge in [-0.3, -0.25) is 15.0 Å². The maximum absolute atomic E-state index is 12.0. The van der Waals surface area contributed by atoms with Crippen LogP contribution >= 0.6 is 15.9 Å². The fourth-order valence-corrected chi connectivity index (χ4v) is 2.31. The number of ether oxygens (including phenoxy) is 1. The average Bonchev–Trinajstić information content (AvgIpc) is 2.95. The molecule has 0 aliphatic rings. The van der Waals surface area contributed by atoms with Gasteiger partial charge in [0.15, 0.2) is 5.69 Å². The molecule has 0 unspecified atom stereocenters. The lowest BCUT2D eigenvalue weighted by Crippen LogP contribution is -1.96. The summed E-state index contributed by atoms with van der Waals surface area (Å²) in [5.41, 5.74) is 1.90. The summed E-state index contributed by atoms with van der Waals surface area (Å²) in [6.45, 7) is 0. The molecule has 7 heteroatoms. The molecule has 3 aromatic rings. The molecule has 1 aromatic heterocycles. The molecule has 0 amide bonds. The Hall–Kier alpha value is -2.67. The molecule has 1 heterocycles. The highest BCUT2D eigenvalue weighted by molar-refractivity contribution is 9.10. The number of rotatable bonds is 4. The van der Waals surface area contributed by atoms with Gasteiger partial charge in [0.2, 0.25) is 0 Å². The second kappa shape index (κ2) is 6.62. The zero-order chi connectivity index (χ0) is 16.2. The summed E-state index contributed by atoms with van der Waals surface area (Å²) < 4.78 is 6.15. The minimum atomic E-state index is -0.330. The molecule has 3 rings (SSSR count). The molecule has 23 heavy (non-hydrogen) atoms. The van der Waals surface area contributed by atoms with Gasteiger partial charge in [0.1, 0.15) is 5.75 Å². The SMILES string of the molecule is COc1cccc(-c2[nH][nH]c(=O)c2N=Nc2ccc(Br)cc2)c1. The molecule has 0 aliphatic heterocycles. The number of hydrogen-bond donors (Lipinski definition) is 2. The molecule has 0 saturated carbocycles. The molecular formula is C16H13BrN4O2. The standard InChI is InChI=1S/C16H13BrN4O2/c1-23-13-4-2-3-10(9-13)14-15(16(22)21-19-14)20-18-12-7-5-11(17)6-8-12/h2-9H,1H3,(H2,19,21,22). The predicted molar refractivity (Wildman–Crippen MR) is 91.7 cm³/mol. The summed E-state index contributed by atoms with van der Waals surface area (Å²) in [4.78, 5) is 12.0. The summed E-state index contributed by atoms with van der Waals surface area (Å²) in [7, 11) is 1.59. The van der Waals surface area contributed by atoms with E-state index in [0.717, 1.165) is 10.0 Å². The number of nitrogens with zero attached hydrogens (tertiary/aromatic N) is 2. The Balaban J connectivity index is 1.98. The third-order valence-corrected chi connectivity index (χ3v) is 3.73. The summed E-state index contributed by atoms with van der Waals surface area (Å²) in [6, 6.07) is 14.7. The van der Waals surface area contributed by atoms with E-state index in [0.29, 0.717) is 17.1 Å². The second-order valence-electron chi connectivity index (χ2n) is 4.71. The van der Waals surface area contributed by atoms with Gasteiger partial charge in [-0.2, -0.15) is 5.11 Å². The van der Waals surface area contributed by atoms with Crippen molar-refractivity contribution in [2.45, 2.75) is 0 Å². The van der Waals surface area contributed by atoms with E-state index in [9.17, 15) is 4.79 Å². The second-order valence-corrected chi connectivity index (χ2v) is 5.63. The van der Waals surface area contributed by atoms with Crippen molar-refractivity contribution in [1.29, 1.82) is 0 Å². The highest BCUT2D eigenvalue weighted by Gasteiger charge is 2.12. The number of hydrogen-bond acceptors (Lipinski definition) is 4. The van der Waals surface area contributed by atoms with Crippen LogP contribution < -0.4 is 10.3 Å². The van der Waals surface area contributed by atoms with Crippen molar-refractivity contribution >= 4 is 27.3 Å². The van der Waals surface area contributed by atoms with Gasteiger partial charge < -0.3 is 4.74 Å². The molecule has 0 atom stereocenters. The normalized spacial score (nSPS) is 11.0. The topological polar surface area (TPSA) is 82.6 Å². The van der Waals surface area contributed by atoms with Crippen molar-refractivity contribution in [3.05, 3.63) is 63.4 Å². The molecule has 0 radical (unpaired) electrons. The highest BCUT2D eigenvalue weighted by Crippen LogP contribution is 2.29. The van der Waals surface area contributed by atoms with Crippen LogP contribution in [0.1, 0.15) is 0 Å². The van der Waals surface area contributed by atoms with E-state index in [2.05, 4.69) is 36.4 Å². The Bertz CT molecular complexity index is 897. The smallest absolute Gasteiger partial charge is 0.292 e. The van der Waals surface area contributed by atoms with E-state index in [1.54, 1.807) is 19.2 Å². The van der Waals surface area contributed by atoms with Gasteiger partial charge in [-0.15, -0.1) is 5.11 Å². The van der Waals surface area contributed by atoms with Gasteiger partial charge in [0.25, 0.3) is 5.56 Å². The molecule has 2 aromatic carbocycles. The lowest BCUT2D eigenvalue weighted by molar-refractivity contribution is 0.415. The summed E-state index contributed by atoms with van der Waals surface area (Å²) in [5, 5.41) is 13.6. The third-order valence-electron chi connectivity index (χ3n) is 3.20. The molecule has 2 N–H and O–H groups in total. The number of aromatic nitrogens is 2. The van der Waals surface area contributed by atoms with Crippen LogP contribution in [0.25, 0.3) is 11.3 Å². The van der Waals surface area contributed by atoms with E-state index in [4.69, 9.17) is 4.74 Å². The Morgan fingerprint density at radius 1 is 1.04 bits per heavy atom. The van der Waals surface area contributed by atoms with Crippen LogP contribution in [-0.2, 0) is 0 Å². The lowest BCUT2D eigenvalue weighted by Gasteiger charge is -2.02. The van der Waals surface area contributed by atoms with Crippen LogP contribution in [0, 0.1) is 0 Å². The number of azo groups is 1. The molecule has 0 spiro atoms. The molecule has 0 fully saturated rings. The summed E-state index contributed by atoms with van der Waals surface area (Å²) in [5.74, 6) is 0.695. The van der Waals surface area contributed by atoms with Gasteiger partial charge in [-0.1, -0.05) is 28.1 Å². The number of nitrogens with one attached hydrogen (secondary N) is 2. The number of halogens is 1. The van der Waals surface area contributed by atoms with Crippen LogP contribution in [0.3, 0.4) is 0 Å². The van der Waals surface area contributed by atoms with E-state index in [1.807, 2.05) is 36.4 Å². The van der Waals surface area contributed by atoms with E-state index in [-0.39, 0.29) is 11.2 Å². The average molecular weight is 373 g/mol. The molecule has 0 saturated heterocycles. The van der Waals surface area contributed by atoms with Crippen LogP contribution in [0.4, 0.5) is 11.4 Å². The number of H-pyrrole nitrogens is 2. The first kappa shape index (κ1) is 15.2. The van der Waals surface area contributed by atoms with Crippen molar-refractivity contribution < 1.29 is 4.74 Å². The Morgan fingerprint density at radius 3 is 2.57 bits per heavy atom. The lowest BCUT2D eigenvalue weighted by atomic mass is 10.1. The Labute approximate surface area is 140 Å². The first-order valence-corrected chi connectivity index (χ1v) is 7.59. The van der Waals surface area contributed by atoms with Gasteiger partial charge in [-0.25, -0.2) is 0 Å². The van der Waals surface area contributed by atoms with Crippen LogP contribution in [0.5, 0.6) is 5.75 Å². The van der Waals surface area contributed by atoms with Gasteiger partial charge in [-0.05, 0) is 36.4 Å². The minimum Gasteiger partial charge on any atom is -0.497 e. The fourth-order valence-electron chi connectivity index (χ4n) is 2.05. The van der Waals surface area contributed by atoms with Crippen LogP contribution in [0.15, 0.2) is 68.0 Å². The maximum atomic E-state index is 12.0. The van der Waals surface area contributed by atoms with Crippen molar-refractivity contribution in [3.63, 3.8) is 0 Å². The Kier molecular flexibility index (Phi) is 4.38. The van der Waals surface area contributed by atoms with E-state index in [1.165, 1.54) is 0 Å². The van der Waals surface area contributed by atoms with Gasteiger partial charge in [0.05, 0.1) is 18.5 Å². The first-order valence-electron chi connectivity index (χ1n) is 6.80. The highest BCUT2D eigenvalue weighted by atomic mass is 79.9. The van der Waals surface area contributed by atoms with Crippen LogP contribution in [0.2, 0.25) is 0 Å². The fraction of sp³-hybridized carbons (Fsp3) is 0.0625. The summed E-state index contributed by atoms with van der Waals surface area (Å²) in [6.07, 6.45) is 0. The molecule has 0 bridgehead atoms. The number of aromatic amines is 2. The Morgan fingerprint density at radius 2 is 1.83 bits per heavy atom. The maximum Gasteiger partial charge on any atom is 0.292 e. The molecule has 0 aliphatic carbocycles. The van der Waals surface area contributed by atoms with Crippen molar-refractivity contribution in [3.8, 4) is 17.0 Å². The van der Waals surface area contributed by atoms with Crippen LogP contribution in [-0.4, -0.2) is 17.3 Å². The van der Waals surface area contributed by atoms with Gasteiger partial charge >= 0.3 is 0 Å². The molecule has 6 nitrogen and oxygen atoms in total. The molecule has 116 valence electrons. The van der Waals surface area contributed by atoms with Crippen molar-refractivity contribution in [2.24, 2.45) is 10.2 Å². The number of benzene rings is 2. The van der Waals surface area contributed by atoms with E-state index < -0.39 is 0 Å². The van der Waals surface area contributed by atoms with E-state index >= 15 is 0 Å². The summed E-state index contributed by atoms with van der Waals surface area (Å²) >= 11 is 3.36. The number of methoxy groups -OCH3 is 1. The largest absolute Gasteiger partial charge is 0.497 e.